The van der Waals surface area contributed by atoms with Crippen molar-refractivity contribution in [3.05, 3.63) is 53.4 Å². The van der Waals surface area contributed by atoms with Gasteiger partial charge in [0.2, 0.25) is 5.91 Å². The topological polar surface area (TPSA) is 104 Å². The van der Waals surface area contributed by atoms with Gasteiger partial charge in [-0.2, -0.15) is 5.10 Å². The number of carbonyl (C=O) groups excluding carboxylic acids is 1. The van der Waals surface area contributed by atoms with Crippen LogP contribution in [0.15, 0.2) is 36.5 Å². The van der Waals surface area contributed by atoms with Gasteiger partial charge in [-0.25, -0.2) is 0 Å². The molecule has 1 saturated carbocycles. The number of aryl methyl sites for hydroxylation is 1. The first-order valence-corrected chi connectivity index (χ1v) is 13.0. The van der Waals surface area contributed by atoms with Crippen molar-refractivity contribution < 1.29 is 19.1 Å². The van der Waals surface area contributed by atoms with E-state index in [1.54, 1.807) is 44.3 Å². The Morgan fingerprint density at radius 3 is 2.38 bits per heavy atom. The standard InChI is InChI=1S/C24H34N3O4P/c1-4-24(5-2,32(29,30)31)20-12-14-21(15-13-20)26-22(28)16-11-19-17-25-27(3)23(19)18-9-7-6-8-10-18/h11-18H,4-10H2,1-3H3,(H,26,28)(H2,29,30,31)/b16-11+. The molecular formula is C24H34N3O4P. The van der Waals surface area contributed by atoms with Crippen LogP contribution >= 0.6 is 7.60 Å². The lowest BCUT2D eigenvalue weighted by molar-refractivity contribution is -0.111. The molecule has 0 saturated heterocycles. The van der Waals surface area contributed by atoms with Crippen molar-refractivity contribution in [3.63, 3.8) is 0 Å². The Morgan fingerprint density at radius 2 is 1.81 bits per heavy atom. The van der Waals surface area contributed by atoms with E-state index in [1.165, 1.54) is 31.0 Å². The molecule has 1 amide bonds. The monoisotopic (exact) mass is 459 g/mol. The van der Waals surface area contributed by atoms with E-state index >= 15 is 0 Å². The quantitative estimate of drug-likeness (QED) is 0.366. The molecule has 1 aliphatic carbocycles. The van der Waals surface area contributed by atoms with E-state index in [4.69, 9.17) is 0 Å². The molecule has 3 N–H and O–H groups in total. The highest BCUT2D eigenvalue weighted by Gasteiger charge is 2.45. The summed E-state index contributed by atoms with van der Waals surface area (Å²) >= 11 is 0. The maximum atomic E-state index is 12.5. The second-order valence-electron chi connectivity index (χ2n) is 8.63. The van der Waals surface area contributed by atoms with Crippen LogP contribution in [0.25, 0.3) is 6.08 Å². The van der Waals surface area contributed by atoms with Gasteiger partial charge in [0.1, 0.15) is 0 Å². The average Bonchev–Trinajstić information content (AvgIpc) is 3.14. The predicted octanol–water partition coefficient (Wildman–Crippen LogP) is 5.31. The smallest absolute Gasteiger partial charge is 0.324 e. The van der Waals surface area contributed by atoms with Gasteiger partial charge in [0, 0.05) is 36.0 Å². The molecule has 7 nitrogen and oxygen atoms in total. The number of hydrogen-bond donors (Lipinski definition) is 3. The summed E-state index contributed by atoms with van der Waals surface area (Å²) in [6.45, 7) is 3.56. The number of amides is 1. The number of carbonyl (C=O) groups is 1. The van der Waals surface area contributed by atoms with Crippen molar-refractivity contribution in [2.24, 2.45) is 7.05 Å². The third-order valence-electron chi connectivity index (χ3n) is 6.84. The molecule has 0 spiro atoms. The van der Waals surface area contributed by atoms with E-state index in [0.29, 0.717) is 30.0 Å². The van der Waals surface area contributed by atoms with Crippen LogP contribution < -0.4 is 5.32 Å². The molecule has 1 heterocycles. The van der Waals surface area contributed by atoms with E-state index < -0.39 is 12.8 Å². The first kappa shape index (κ1) is 24.4. The van der Waals surface area contributed by atoms with Crippen LogP contribution in [0.3, 0.4) is 0 Å². The zero-order chi connectivity index (χ0) is 23.4. The van der Waals surface area contributed by atoms with Crippen LogP contribution in [-0.2, 0) is 21.6 Å². The zero-order valence-electron chi connectivity index (χ0n) is 19.1. The van der Waals surface area contributed by atoms with Crippen molar-refractivity contribution in [1.82, 2.24) is 9.78 Å². The Morgan fingerprint density at radius 1 is 1.19 bits per heavy atom. The molecular weight excluding hydrogens is 425 g/mol. The summed E-state index contributed by atoms with van der Waals surface area (Å²) in [5, 5.41) is 6.01. The molecule has 0 aliphatic heterocycles. The molecule has 8 heteroatoms. The Bertz CT molecular complexity index is 997. The van der Waals surface area contributed by atoms with Crippen molar-refractivity contribution in [1.29, 1.82) is 0 Å². The Hall–Kier alpha value is -2.21. The van der Waals surface area contributed by atoms with Crippen molar-refractivity contribution in [2.75, 3.05) is 5.32 Å². The van der Waals surface area contributed by atoms with Gasteiger partial charge in [-0.1, -0.05) is 45.2 Å². The number of benzene rings is 1. The van der Waals surface area contributed by atoms with Gasteiger partial charge >= 0.3 is 7.60 Å². The zero-order valence-corrected chi connectivity index (χ0v) is 20.0. The number of rotatable bonds is 8. The summed E-state index contributed by atoms with van der Waals surface area (Å²) in [7, 11) is -2.39. The summed E-state index contributed by atoms with van der Waals surface area (Å²) in [5.74, 6) is 0.223. The van der Waals surface area contributed by atoms with E-state index in [-0.39, 0.29) is 5.91 Å². The van der Waals surface area contributed by atoms with Crippen LogP contribution in [-0.4, -0.2) is 25.5 Å². The van der Waals surface area contributed by atoms with Crippen molar-refractivity contribution >= 4 is 25.3 Å². The Labute approximate surface area is 190 Å². The Kier molecular flexibility index (Phi) is 7.75. The number of nitrogens with one attached hydrogen (secondary N) is 1. The van der Waals surface area contributed by atoms with Crippen molar-refractivity contribution in [2.45, 2.75) is 69.9 Å². The highest BCUT2D eigenvalue weighted by Crippen LogP contribution is 2.60. The molecule has 1 fully saturated rings. The van der Waals surface area contributed by atoms with Crippen LogP contribution in [0.4, 0.5) is 5.69 Å². The van der Waals surface area contributed by atoms with Gasteiger partial charge in [0.05, 0.1) is 11.4 Å². The molecule has 1 aliphatic rings. The van der Waals surface area contributed by atoms with E-state index in [1.807, 2.05) is 17.8 Å². The van der Waals surface area contributed by atoms with Gasteiger partial charge in [-0.3, -0.25) is 14.0 Å². The van der Waals surface area contributed by atoms with E-state index in [2.05, 4.69) is 10.4 Å². The number of anilines is 1. The third kappa shape index (κ3) is 5.06. The molecule has 1 aromatic carbocycles. The van der Waals surface area contributed by atoms with Gasteiger partial charge in [-0.15, -0.1) is 0 Å². The summed E-state index contributed by atoms with van der Waals surface area (Å²) in [5.41, 5.74) is 3.32. The summed E-state index contributed by atoms with van der Waals surface area (Å²) in [6.07, 6.45) is 11.8. The highest BCUT2D eigenvalue weighted by atomic mass is 31.2. The number of aromatic nitrogens is 2. The van der Waals surface area contributed by atoms with Crippen LogP contribution in [0.5, 0.6) is 0 Å². The lowest BCUT2D eigenvalue weighted by Crippen LogP contribution is -2.24. The van der Waals surface area contributed by atoms with E-state index in [0.717, 1.165) is 18.4 Å². The molecule has 0 radical (unpaired) electrons. The third-order valence-corrected chi connectivity index (χ3v) is 8.84. The molecule has 1 aromatic heterocycles. The van der Waals surface area contributed by atoms with Gasteiger partial charge < -0.3 is 15.1 Å². The minimum absolute atomic E-state index is 0.261. The van der Waals surface area contributed by atoms with Crippen LogP contribution in [0, 0.1) is 0 Å². The van der Waals surface area contributed by atoms with Gasteiger partial charge in [-0.05, 0) is 49.5 Å². The fraction of sp³-hybridized carbons (Fsp3) is 0.500. The molecule has 0 unspecified atom stereocenters. The van der Waals surface area contributed by atoms with E-state index in [9.17, 15) is 19.1 Å². The lowest BCUT2D eigenvalue weighted by Gasteiger charge is -2.33. The predicted molar refractivity (Wildman–Crippen MR) is 127 cm³/mol. The van der Waals surface area contributed by atoms with Crippen molar-refractivity contribution in [3.8, 4) is 0 Å². The normalized spacial score (nSPS) is 15.9. The Balaban J connectivity index is 1.71. The first-order valence-electron chi connectivity index (χ1n) is 11.4. The SMILES string of the molecule is CCC(CC)(c1ccc(NC(=O)/C=C/c2cnn(C)c2C2CCCCC2)cc1)P(=O)(O)O. The molecule has 174 valence electrons. The van der Waals surface area contributed by atoms with Gasteiger partial charge in [0.15, 0.2) is 0 Å². The minimum Gasteiger partial charge on any atom is -0.324 e. The highest BCUT2D eigenvalue weighted by molar-refractivity contribution is 7.53. The second kappa shape index (κ2) is 10.2. The van der Waals surface area contributed by atoms with Gasteiger partial charge in [0.25, 0.3) is 0 Å². The average molecular weight is 460 g/mol. The fourth-order valence-electron chi connectivity index (χ4n) is 4.92. The number of nitrogens with zero attached hydrogens (tertiary/aromatic N) is 2. The largest absolute Gasteiger partial charge is 0.335 e. The maximum Gasteiger partial charge on any atom is 0.335 e. The fourth-order valence-corrected chi connectivity index (χ4v) is 6.23. The molecule has 2 aromatic rings. The summed E-state index contributed by atoms with van der Waals surface area (Å²) < 4.78 is 14.1. The molecule has 0 atom stereocenters. The minimum atomic E-state index is -4.34. The summed E-state index contributed by atoms with van der Waals surface area (Å²) in [6, 6.07) is 6.75. The second-order valence-corrected chi connectivity index (χ2v) is 10.6. The molecule has 3 rings (SSSR count). The number of hydrogen-bond acceptors (Lipinski definition) is 3. The molecule has 0 bridgehead atoms. The van der Waals surface area contributed by atoms with Crippen LogP contribution in [0.2, 0.25) is 0 Å². The lowest BCUT2D eigenvalue weighted by atomic mass is 9.85. The first-order chi connectivity index (χ1) is 15.2. The van der Waals surface area contributed by atoms with Crippen LogP contribution in [0.1, 0.15) is 81.5 Å². The summed E-state index contributed by atoms with van der Waals surface area (Å²) in [4.78, 5) is 32.3. The molecule has 32 heavy (non-hydrogen) atoms. The maximum absolute atomic E-state index is 12.5.